The Balaban J connectivity index is 2.06. The van der Waals surface area contributed by atoms with Crippen molar-refractivity contribution in [2.75, 3.05) is 0 Å². The van der Waals surface area contributed by atoms with Gasteiger partial charge in [-0.05, 0) is 12.0 Å². The van der Waals surface area contributed by atoms with Gasteiger partial charge < -0.3 is 10.3 Å². The molecule has 1 aromatic carbocycles. The van der Waals surface area contributed by atoms with Crippen molar-refractivity contribution >= 4 is 0 Å². The van der Waals surface area contributed by atoms with E-state index in [1.165, 1.54) is 0 Å². The Bertz CT molecular complexity index is 478. The first-order chi connectivity index (χ1) is 8.29. The molecule has 0 saturated carbocycles. The van der Waals surface area contributed by atoms with Crippen LogP contribution in [0.5, 0.6) is 0 Å². The zero-order valence-corrected chi connectivity index (χ0v) is 9.54. The zero-order valence-electron chi connectivity index (χ0n) is 9.54. The molecule has 88 valence electrons. The van der Waals surface area contributed by atoms with Gasteiger partial charge in [0.25, 0.3) is 0 Å². The van der Waals surface area contributed by atoms with Crippen LogP contribution in [0.4, 0.5) is 0 Å². The normalized spacial score (nSPS) is 12.3. The highest BCUT2D eigenvalue weighted by atomic mass is 16.5. The summed E-state index contributed by atoms with van der Waals surface area (Å²) < 4.78 is 5.12. The summed E-state index contributed by atoms with van der Waals surface area (Å²) in [6, 6.07) is 9.74. The highest BCUT2D eigenvalue weighted by Gasteiger charge is 2.13. The quantitative estimate of drug-likeness (QED) is 0.798. The van der Waals surface area contributed by atoms with Gasteiger partial charge in [-0.1, -0.05) is 41.6 Å². The molecule has 17 heavy (non-hydrogen) atoms. The summed E-state index contributed by atoms with van der Waals surface area (Å²) in [5.74, 6) is 1.13. The lowest BCUT2D eigenvalue weighted by Gasteiger charge is -2.00. The van der Waals surface area contributed by atoms with Crippen molar-refractivity contribution in [1.29, 1.82) is 0 Å². The van der Waals surface area contributed by atoms with Crippen LogP contribution in [0.2, 0.25) is 0 Å². The summed E-state index contributed by atoms with van der Waals surface area (Å²) in [7, 11) is 0. The smallest absolute Gasteiger partial charge is 0.243 e. The van der Waals surface area contributed by atoms with Crippen LogP contribution in [0.1, 0.15) is 29.7 Å². The fraction of sp³-hybridized carbons (Fsp3) is 0.231. The molecule has 2 N–H and O–H groups in total. The lowest BCUT2D eigenvalue weighted by molar-refractivity contribution is 0.352. The number of nitrogens with zero attached hydrogens (tertiary/aromatic N) is 2. The van der Waals surface area contributed by atoms with Crippen LogP contribution < -0.4 is 5.73 Å². The van der Waals surface area contributed by atoms with E-state index in [9.17, 15) is 0 Å². The van der Waals surface area contributed by atoms with Gasteiger partial charge in [0, 0.05) is 6.42 Å². The van der Waals surface area contributed by atoms with Crippen molar-refractivity contribution in [1.82, 2.24) is 10.1 Å². The van der Waals surface area contributed by atoms with E-state index in [0.29, 0.717) is 24.6 Å². The highest BCUT2D eigenvalue weighted by Crippen LogP contribution is 2.13. The van der Waals surface area contributed by atoms with E-state index in [1.54, 1.807) is 6.08 Å². The summed E-state index contributed by atoms with van der Waals surface area (Å²) in [5, 5.41) is 3.91. The zero-order chi connectivity index (χ0) is 12.1. The van der Waals surface area contributed by atoms with Crippen LogP contribution in [-0.4, -0.2) is 10.1 Å². The minimum absolute atomic E-state index is 0.260. The van der Waals surface area contributed by atoms with Crippen molar-refractivity contribution in [3.05, 3.63) is 60.3 Å². The first-order valence-corrected chi connectivity index (χ1v) is 5.52. The number of benzene rings is 1. The van der Waals surface area contributed by atoms with Gasteiger partial charge in [0.15, 0.2) is 5.82 Å². The predicted octanol–water partition coefficient (Wildman–Crippen LogP) is 2.24. The average Bonchev–Trinajstić information content (AvgIpc) is 2.79. The average molecular weight is 229 g/mol. The largest absolute Gasteiger partial charge is 0.338 e. The van der Waals surface area contributed by atoms with Crippen LogP contribution in [0.3, 0.4) is 0 Å². The Kier molecular flexibility index (Phi) is 3.67. The third kappa shape index (κ3) is 3.01. The van der Waals surface area contributed by atoms with Crippen LogP contribution in [0.15, 0.2) is 47.5 Å². The number of nitrogens with two attached hydrogens (primary N) is 1. The van der Waals surface area contributed by atoms with E-state index in [4.69, 9.17) is 10.3 Å². The Hall–Kier alpha value is -1.94. The van der Waals surface area contributed by atoms with Crippen molar-refractivity contribution in [3.63, 3.8) is 0 Å². The number of hydrogen-bond acceptors (Lipinski definition) is 4. The molecule has 0 fully saturated rings. The predicted molar refractivity (Wildman–Crippen MR) is 65.3 cm³/mol. The summed E-state index contributed by atoms with van der Waals surface area (Å²) in [5.41, 5.74) is 6.99. The molecule has 1 heterocycles. The van der Waals surface area contributed by atoms with Crippen molar-refractivity contribution in [2.45, 2.75) is 18.9 Å². The third-order valence-corrected chi connectivity index (χ3v) is 2.43. The van der Waals surface area contributed by atoms with Gasteiger partial charge in [-0.15, -0.1) is 6.58 Å². The number of rotatable bonds is 5. The van der Waals surface area contributed by atoms with Crippen LogP contribution in [-0.2, 0) is 6.42 Å². The Labute approximate surface area is 100 Å². The van der Waals surface area contributed by atoms with Gasteiger partial charge in [-0.25, -0.2) is 0 Å². The molecule has 2 aromatic rings. The molecule has 0 aliphatic heterocycles. The molecule has 1 aromatic heterocycles. The van der Waals surface area contributed by atoms with E-state index >= 15 is 0 Å². The lowest BCUT2D eigenvalue weighted by Crippen LogP contribution is -2.09. The Morgan fingerprint density at radius 3 is 2.82 bits per heavy atom. The SMILES string of the molecule is C=CCC(N)c1nc(Cc2ccccc2)no1. The molecule has 0 radical (unpaired) electrons. The molecule has 1 unspecified atom stereocenters. The molecule has 0 saturated heterocycles. The van der Waals surface area contributed by atoms with Gasteiger partial charge in [-0.2, -0.15) is 4.98 Å². The molecule has 0 aliphatic rings. The van der Waals surface area contributed by atoms with Crippen LogP contribution in [0, 0.1) is 0 Å². The monoisotopic (exact) mass is 229 g/mol. The molecule has 2 rings (SSSR count). The standard InChI is InChI=1S/C13H15N3O/c1-2-6-11(14)13-15-12(16-17-13)9-10-7-4-3-5-8-10/h2-5,7-8,11H,1,6,9,14H2. The molecular formula is C13H15N3O. The fourth-order valence-electron chi connectivity index (χ4n) is 1.55. The summed E-state index contributed by atoms with van der Waals surface area (Å²) >= 11 is 0. The van der Waals surface area contributed by atoms with E-state index in [0.717, 1.165) is 5.56 Å². The molecule has 0 spiro atoms. The van der Waals surface area contributed by atoms with Crippen molar-refractivity contribution < 1.29 is 4.52 Å². The maximum absolute atomic E-state index is 5.84. The summed E-state index contributed by atoms with van der Waals surface area (Å²) in [6.07, 6.45) is 3.03. The first-order valence-electron chi connectivity index (χ1n) is 5.52. The Morgan fingerprint density at radius 1 is 1.35 bits per heavy atom. The van der Waals surface area contributed by atoms with Gasteiger partial charge >= 0.3 is 0 Å². The first kappa shape index (κ1) is 11.5. The second-order valence-corrected chi connectivity index (χ2v) is 3.84. The molecule has 4 nitrogen and oxygen atoms in total. The number of aromatic nitrogens is 2. The third-order valence-electron chi connectivity index (χ3n) is 2.43. The fourth-order valence-corrected chi connectivity index (χ4v) is 1.55. The van der Waals surface area contributed by atoms with E-state index in [-0.39, 0.29) is 6.04 Å². The Morgan fingerprint density at radius 2 is 2.12 bits per heavy atom. The molecule has 1 atom stereocenters. The van der Waals surface area contributed by atoms with E-state index in [2.05, 4.69) is 16.7 Å². The second-order valence-electron chi connectivity index (χ2n) is 3.84. The number of hydrogen-bond donors (Lipinski definition) is 1. The molecule has 0 aliphatic carbocycles. The topological polar surface area (TPSA) is 64.9 Å². The van der Waals surface area contributed by atoms with Gasteiger partial charge in [0.2, 0.25) is 5.89 Å². The van der Waals surface area contributed by atoms with E-state index < -0.39 is 0 Å². The molecular weight excluding hydrogens is 214 g/mol. The van der Waals surface area contributed by atoms with Gasteiger partial charge in [0.05, 0.1) is 6.04 Å². The molecule has 4 heteroatoms. The van der Waals surface area contributed by atoms with Crippen LogP contribution in [0.25, 0.3) is 0 Å². The lowest BCUT2D eigenvalue weighted by atomic mass is 10.1. The minimum Gasteiger partial charge on any atom is -0.338 e. The molecule has 0 amide bonds. The van der Waals surface area contributed by atoms with Crippen LogP contribution >= 0.6 is 0 Å². The van der Waals surface area contributed by atoms with Gasteiger partial charge in [-0.3, -0.25) is 0 Å². The van der Waals surface area contributed by atoms with Crippen molar-refractivity contribution in [2.24, 2.45) is 5.73 Å². The van der Waals surface area contributed by atoms with E-state index in [1.807, 2.05) is 30.3 Å². The van der Waals surface area contributed by atoms with Crippen molar-refractivity contribution in [3.8, 4) is 0 Å². The maximum atomic E-state index is 5.84. The molecule has 0 bridgehead atoms. The minimum atomic E-state index is -0.260. The highest BCUT2D eigenvalue weighted by molar-refractivity contribution is 5.18. The summed E-state index contributed by atoms with van der Waals surface area (Å²) in [6.45, 7) is 3.63. The van der Waals surface area contributed by atoms with Gasteiger partial charge in [0.1, 0.15) is 0 Å². The maximum Gasteiger partial charge on any atom is 0.243 e. The summed E-state index contributed by atoms with van der Waals surface area (Å²) in [4.78, 5) is 4.27. The second kappa shape index (κ2) is 5.41.